The number of cyclic esters (lactones) is 1. The van der Waals surface area contributed by atoms with Crippen molar-refractivity contribution in [2.45, 2.75) is 212 Å². The Labute approximate surface area is 702 Å². The van der Waals surface area contributed by atoms with Gasteiger partial charge in [-0.1, -0.05) is 93.8 Å². The predicted molar refractivity (Wildman–Crippen MR) is 432 cm³/mol. The van der Waals surface area contributed by atoms with E-state index in [0.717, 1.165) is 50.7 Å². The Morgan fingerprint density at radius 1 is 0.700 bits per heavy atom. The van der Waals surface area contributed by atoms with E-state index >= 15 is 4.79 Å². The zero-order chi connectivity index (χ0) is 89.5. The van der Waals surface area contributed by atoms with Gasteiger partial charge in [0.15, 0.2) is 23.1 Å². The van der Waals surface area contributed by atoms with E-state index in [1.165, 1.54) is 19.9 Å². The zero-order valence-electron chi connectivity index (χ0n) is 67.7. The molecule has 0 bridgehead atoms. The molecule has 660 valence electrons. The van der Waals surface area contributed by atoms with Gasteiger partial charge in [0, 0.05) is 90.8 Å². The number of ketones is 4. The molecule has 41 heteroatoms. The molecule has 0 saturated carbocycles. The minimum Gasteiger partial charge on any atom is -0.481 e. The lowest BCUT2D eigenvalue weighted by Crippen LogP contribution is -2.57. The Balaban J connectivity index is 1.92. The molecule has 4 rings (SSSR count). The van der Waals surface area contributed by atoms with Gasteiger partial charge in [-0.2, -0.15) is 0 Å². The second kappa shape index (κ2) is 51.8. The quantitative estimate of drug-likeness (QED) is 0.0121. The number of carbonyl (C=O) groups excluding carboxylic acids is 17. The topological polar surface area (TPSA) is 613 Å². The second-order valence-corrected chi connectivity index (χ2v) is 30.1. The summed E-state index contributed by atoms with van der Waals surface area (Å²) in [6, 6.07) is -6.56. The first-order valence-electron chi connectivity index (χ1n) is 39.2. The maximum absolute atomic E-state index is 15.1. The number of aliphatic hydroxyl groups excluding tert-OH is 1. The van der Waals surface area contributed by atoms with Crippen molar-refractivity contribution in [3.05, 3.63) is 75.5 Å². The number of carbonyl (C=O) groups is 19. The Morgan fingerprint density at radius 3 is 1.97 bits per heavy atom. The summed E-state index contributed by atoms with van der Waals surface area (Å²) in [5.41, 5.74) is 13.0. The summed E-state index contributed by atoms with van der Waals surface area (Å²) in [4.78, 5) is 266. The van der Waals surface area contributed by atoms with Gasteiger partial charge in [0.2, 0.25) is 59.1 Å². The van der Waals surface area contributed by atoms with E-state index in [-0.39, 0.29) is 78.7 Å². The van der Waals surface area contributed by atoms with Crippen molar-refractivity contribution < 1.29 is 121 Å². The lowest BCUT2D eigenvalue weighted by atomic mass is 9.84. The molecule has 0 unspecified atom stereocenters. The summed E-state index contributed by atoms with van der Waals surface area (Å²) in [6.45, 7) is 8.03. The number of aromatic amines is 1. The SMILES string of the molecule is C=C1NCC(=O)N[C@H](CO)C(=O)C[C@@H]([C@H](C)CC(=O)O)C(=O)N[C@@H](CC(=O)c2cc(Cl)cc(Cl)c2NCC)C(=O)O[C@H](C)[C@H](NC(=O)[C@H](CC(=O)O)CC(=O)[C@@H](CC(N)=O)NC(=O)[C@H](Cc2c[nH]c3ccc(C)cc23)NC(=O)CCCCCCCCC)C(=O)NCC(=O)N[C@@H](CCCN)C(=O)C[C@@H](COC=O)C(=O)N[C@H](C)C(=O)N[C@H]1COC=O. The molecule has 0 radical (unpaired) electrons. The van der Waals surface area contributed by atoms with Gasteiger partial charge in [-0.25, -0.2) is 4.79 Å². The number of aromatic nitrogens is 1. The van der Waals surface area contributed by atoms with E-state index in [2.05, 4.69) is 77.0 Å². The van der Waals surface area contributed by atoms with Crippen LogP contribution in [0.15, 0.2) is 48.8 Å². The smallest absolute Gasteiger partial charge is 0.329 e. The summed E-state index contributed by atoms with van der Waals surface area (Å²) in [6.07, 6.45) is -2.18. The van der Waals surface area contributed by atoms with E-state index in [1.807, 2.05) is 19.1 Å². The highest BCUT2D eigenvalue weighted by atomic mass is 35.5. The fraction of sp³-hybridized carbons (Fsp3) is 0.557. The molecule has 2 heterocycles. The number of carboxylic acid groups (broad SMARTS) is 2. The number of hydrogen-bond acceptors (Lipinski definition) is 26. The number of anilines is 1. The van der Waals surface area contributed by atoms with E-state index < -0.39 is 256 Å². The van der Waals surface area contributed by atoms with Gasteiger partial charge < -0.3 is 104 Å². The summed E-state index contributed by atoms with van der Waals surface area (Å²) in [7, 11) is 0. The van der Waals surface area contributed by atoms with E-state index in [9.17, 15) is 102 Å². The van der Waals surface area contributed by atoms with Gasteiger partial charge in [0.05, 0.1) is 67.2 Å². The van der Waals surface area contributed by atoms with Crippen molar-refractivity contribution in [2.75, 3.05) is 51.3 Å². The summed E-state index contributed by atoms with van der Waals surface area (Å²) >= 11 is 12.9. The van der Waals surface area contributed by atoms with Crippen LogP contribution in [0.2, 0.25) is 10.0 Å². The van der Waals surface area contributed by atoms with Crippen molar-refractivity contribution >= 4 is 153 Å². The van der Waals surface area contributed by atoms with Crippen LogP contribution in [0, 0.1) is 30.6 Å². The van der Waals surface area contributed by atoms with Crippen molar-refractivity contribution in [3.8, 4) is 0 Å². The molecule has 39 nitrogen and oxygen atoms in total. The van der Waals surface area contributed by atoms with Gasteiger partial charge in [0.25, 0.3) is 12.9 Å². The van der Waals surface area contributed by atoms with Crippen LogP contribution in [0.1, 0.15) is 165 Å². The molecule has 1 aliphatic rings. The van der Waals surface area contributed by atoms with E-state index in [0.29, 0.717) is 29.3 Å². The normalized spacial score (nSPS) is 20.9. The maximum Gasteiger partial charge on any atom is 0.329 e. The maximum atomic E-state index is 15.1. The molecule has 2 aromatic carbocycles. The van der Waals surface area contributed by atoms with Gasteiger partial charge in [-0.3, -0.25) is 86.3 Å². The highest BCUT2D eigenvalue weighted by molar-refractivity contribution is 6.37. The summed E-state index contributed by atoms with van der Waals surface area (Å²) in [5, 5.41) is 58.2. The van der Waals surface area contributed by atoms with Gasteiger partial charge in [0.1, 0.15) is 55.6 Å². The average Bonchev–Trinajstić information content (AvgIpc) is 1.52. The number of rotatable bonds is 40. The molecular weight excluding hydrogens is 1620 g/mol. The molecule has 1 aliphatic heterocycles. The van der Waals surface area contributed by atoms with Crippen molar-refractivity contribution in [1.82, 2.24) is 58.2 Å². The van der Waals surface area contributed by atoms with Crippen LogP contribution in [0.4, 0.5) is 5.69 Å². The molecule has 19 N–H and O–H groups in total. The first-order valence-corrected chi connectivity index (χ1v) is 40.0. The molecule has 120 heavy (non-hydrogen) atoms. The Bertz CT molecular complexity index is 4180. The molecule has 13 atom stereocenters. The number of halogens is 2. The van der Waals surface area contributed by atoms with Gasteiger partial charge in [-0.05, 0) is 89.2 Å². The standard InChI is InChI=1S/C79H110Cl2N14O25/c1-8-10-11-12-13-14-15-18-66(104)90-57(24-47-33-86-54-20-19-41(3)22-51(47)54)77(115)92-56(32-65(83)103)63(101)25-46(27-70(109)110)74(112)95-71-45(7)120-79(117)58(31-61(99)52-28-49(80)29-53(81)72(52)84-9-2)93-76(114)50(42(4)23-69(107)108)30-64(102)59(36-96)91-67(105)34-85-43(5)60(38-119-40-98)94-73(111)44(6)88-75(113)48(37-118-39-97)26-62(100)55(17-16-21-82)89-68(106)35-87-78(71)116/h19-20,22,28-29,33,39-40,42,44-46,48,50,55-60,71,84-86,96H,5,8-18,21,23-27,30-32,34-38,82H2,1-4,6-7H3,(H2,83,103)(H,87,116)(H,88,113)(H,89,106)(H,90,104)(H,91,105)(H,92,115)(H,93,114)(H,94,111)(H,95,112)(H,107,108)(H,109,110)/t42-,44-,45-,46+,48+,50+,55+,56-,57+,58+,59-,60+,71+/m1/s1. The largest absolute Gasteiger partial charge is 0.481 e. The third kappa shape index (κ3) is 34.1. The number of primary amides is 1. The van der Waals surface area contributed by atoms with E-state index in [4.69, 9.17) is 48.9 Å². The number of hydrogen-bond donors (Lipinski definition) is 17. The fourth-order valence-corrected chi connectivity index (χ4v) is 13.6. The lowest BCUT2D eigenvalue weighted by Gasteiger charge is -2.29. The number of ether oxygens (including phenoxy) is 3. The summed E-state index contributed by atoms with van der Waals surface area (Å²) in [5.74, 6) is -27.6. The number of carboxylic acids is 2. The molecule has 10 amide bonds. The number of nitrogens with two attached hydrogens (primary N) is 2. The number of benzene rings is 2. The minimum atomic E-state index is -2.38. The third-order valence-corrected chi connectivity index (χ3v) is 20.1. The molecule has 1 saturated heterocycles. The number of nitrogens with one attached hydrogen (secondary N) is 12. The van der Waals surface area contributed by atoms with Crippen LogP contribution in [-0.2, 0) is 107 Å². The number of Topliss-reactive ketones (excluding diaryl/α,β-unsaturated/α-hetero) is 4. The van der Waals surface area contributed by atoms with Crippen molar-refractivity contribution in [3.63, 3.8) is 0 Å². The highest BCUT2D eigenvalue weighted by Gasteiger charge is 2.41. The van der Waals surface area contributed by atoms with Crippen LogP contribution < -0.4 is 70.0 Å². The van der Waals surface area contributed by atoms with Crippen LogP contribution in [0.25, 0.3) is 10.9 Å². The monoisotopic (exact) mass is 1720 g/mol. The van der Waals surface area contributed by atoms with Crippen LogP contribution in [-0.4, -0.2) is 234 Å². The van der Waals surface area contributed by atoms with Gasteiger partial charge >= 0.3 is 17.9 Å². The lowest BCUT2D eigenvalue weighted by molar-refractivity contribution is -0.156. The fourth-order valence-electron chi connectivity index (χ4n) is 13.0. The average molecular weight is 1730 g/mol. The zero-order valence-corrected chi connectivity index (χ0v) is 69.3. The Morgan fingerprint density at radius 2 is 1.33 bits per heavy atom. The molecule has 0 aliphatic carbocycles. The number of aliphatic hydroxyl groups is 1. The third-order valence-electron chi connectivity index (χ3n) is 19.6. The second-order valence-electron chi connectivity index (χ2n) is 29.2. The molecule has 1 aromatic heterocycles. The Hall–Kier alpha value is -11.4. The van der Waals surface area contributed by atoms with Crippen LogP contribution in [0.3, 0.4) is 0 Å². The van der Waals surface area contributed by atoms with Crippen molar-refractivity contribution in [1.29, 1.82) is 0 Å². The van der Waals surface area contributed by atoms with Crippen molar-refractivity contribution in [2.24, 2.45) is 35.1 Å². The highest BCUT2D eigenvalue weighted by Crippen LogP contribution is 2.32. The van der Waals surface area contributed by atoms with Gasteiger partial charge in [-0.15, -0.1) is 0 Å². The molecular formula is C79H110Cl2N14O25. The molecule has 3 aromatic rings. The molecule has 0 spiro atoms. The number of esters is 1. The number of aliphatic carboxylic acids is 2. The number of H-pyrrole nitrogens is 1. The van der Waals surface area contributed by atoms with E-state index in [1.54, 1.807) is 19.2 Å². The first-order chi connectivity index (χ1) is 56.9. The number of fused-ring (bicyclic) bond motifs is 1. The summed E-state index contributed by atoms with van der Waals surface area (Å²) < 4.78 is 15.5. The van der Waals surface area contributed by atoms with Crippen LogP contribution in [0.5, 0.6) is 0 Å². The van der Waals surface area contributed by atoms with Crippen LogP contribution >= 0.6 is 23.2 Å². The Kier molecular flexibility index (Phi) is 43.5. The molecule has 1 fully saturated rings. The predicted octanol–water partition coefficient (Wildman–Crippen LogP) is 0.499. The number of unbranched alkanes of at least 4 members (excludes halogenated alkanes) is 6. The first kappa shape index (κ1) is 101. The number of amides is 10. The number of aryl methyl sites for hydroxylation is 1. The minimum absolute atomic E-state index is 0.00122.